The molecule has 1 aliphatic rings. The molecule has 2 heterocycles. The van der Waals surface area contributed by atoms with Crippen LogP contribution in [-0.2, 0) is 22.1 Å². The third-order valence-corrected chi connectivity index (χ3v) is 7.00. The van der Waals surface area contributed by atoms with Crippen LogP contribution in [0.3, 0.4) is 0 Å². The van der Waals surface area contributed by atoms with E-state index in [1.165, 1.54) is 6.07 Å². The van der Waals surface area contributed by atoms with E-state index >= 15 is 0 Å². The Labute approximate surface area is 212 Å². The van der Waals surface area contributed by atoms with Crippen LogP contribution >= 0.6 is 11.3 Å². The molecule has 3 aromatic rings. The van der Waals surface area contributed by atoms with Gasteiger partial charge in [-0.05, 0) is 99.5 Å². The minimum absolute atomic E-state index is 0.218. The molecule has 0 fully saturated rings. The summed E-state index contributed by atoms with van der Waals surface area (Å²) in [6.07, 6.45) is -5.09. The molecule has 1 atom stereocenters. The Balaban J connectivity index is 2.12. The van der Waals surface area contributed by atoms with Crippen molar-refractivity contribution in [1.82, 2.24) is 0 Å². The van der Waals surface area contributed by atoms with E-state index in [1.807, 2.05) is 26.0 Å². The summed E-state index contributed by atoms with van der Waals surface area (Å²) in [4.78, 5) is 14.4. The minimum Gasteiger partial charge on any atom is -0.493 e. The zero-order chi connectivity index (χ0) is 26.4. The molecule has 0 amide bonds. The fourth-order valence-corrected chi connectivity index (χ4v) is 5.61. The van der Waals surface area contributed by atoms with Crippen molar-refractivity contribution < 1.29 is 32.5 Å². The number of alkyl halides is 3. The van der Waals surface area contributed by atoms with Crippen LogP contribution in [0.2, 0.25) is 0 Å². The van der Waals surface area contributed by atoms with Crippen molar-refractivity contribution in [3.63, 3.8) is 0 Å². The number of hydrogen-bond acceptors (Lipinski definition) is 4. The Morgan fingerprint density at radius 1 is 1.08 bits per heavy atom. The second-order valence-electron chi connectivity index (χ2n) is 10.00. The number of aryl methyl sites for hydroxylation is 3. The number of benzene rings is 2. The number of ether oxygens (including phenoxy) is 2. The highest BCUT2D eigenvalue weighted by Gasteiger charge is 2.41. The fraction of sp³-hybridized carbons (Fsp3) is 0.393. The molecule has 2 aromatic carbocycles. The van der Waals surface area contributed by atoms with Gasteiger partial charge in [0.15, 0.2) is 6.10 Å². The third kappa shape index (κ3) is 5.30. The van der Waals surface area contributed by atoms with Crippen molar-refractivity contribution in [2.45, 2.75) is 65.3 Å². The van der Waals surface area contributed by atoms with E-state index in [4.69, 9.17) is 9.47 Å². The highest BCUT2D eigenvalue weighted by molar-refractivity contribution is 7.12. The van der Waals surface area contributed by atoms with Gasteiger partial charge >= 0.3 is 12.1 Å². The SMILES string of the molecule is Cc1cc(-c2ccc(C(F)(F)F)c(C(OC(C)(C)C)C(=O)O)c2-c2ccc3c(c2)CCCO3)c(C)s1. The number of thiophene rings is 1. The molecule has 0 saturated carbocycles. The Morgan fingerprint density at radius 2 is 1.81 bits per heavy atom. The summed E-state index contributed by atoms with van der Waals surface area (Å²) in [6.45, 7) is 9.31. The lowest BCUT2D eigenvalue weighted by Crippen LogP contribution is -2.29. The van der Waals surface area contributed by atoms with Crippen molar-refractivity contribution in [3.05, 3.63) is 62.8 Å². The lowest BCUT2D eigenvalue weighted by Gasteiger charge is -2.30. The average Bonchev–Trinajstić information content (AvgIpc) is 3.12. The van der Waals surface area contributed by atoms with E-state index in [0.717, 1.165) is 39.8 Å². The normalized spacial score (nSPS) is 14.8. The maximum absolute atomic E-state index is 14.4. The van der Waals surface area contributed by atoms with Gasteiger partial charge in [-0.2, -0.15) is 13.2 Å². The standard InChI is InChI=1S/C28H29F3O4S/c1-15-13-20(16(2)36-15)19-9-10-21(28(29,30)31)24(25(26(32)33)35-27(3,4)5)23(19)18-8-11-22-17(14-18)7-6-12-34-22/h8-11,13-14,25H,6-7,12H2,1-5H3,(H,32,33). The summed E-state index contributed by atoms with van der Waals surface area (Å²) in [6, 6.07) is 9.63. The van der Waals surface area contributed by atoms with E-state index in [1.54, 1.807) is 44.2 Å². The van der Waals surface area contributed by atoms with Crippen molar-refractivity contribution in [3.8, 4) is 28.0 Å². The van der Waals surface area contributed by atoms with Gasteiger partial charge in [0.2, 0.25) is 0 Å². The highest BCUT2D eigenvalue weighted by atomic mass is 32.1. The smallest absolute Gasteiger partial charge is 0.416 e. The first-order valence-electron chi connectivity index (χ1n) is 11.7. The van der Waals surface area contributed by atoms with Crippen LogP contribution in [0.15, 0.2) is 36.4 Å². The Hall–Kier alpha value is -2.84. The van der Waals surface area contributed by atoms with Crippen LogP contribution in [0, 0.1) is 13.8 Å². The number of carboxylic acids is 1. The topological polar surface area (TPSA) is 55.8 Å². The maximum Gasteiger partial charge on any atom is 0.416 e. The van der Waals surface area contributed by atoms with E-state index in [9.17, 15) is 23.1 Å². The van der Waals surface area contributed by atoms with Crippen LogP contribution in [0.25, 0.3) is 22.3 Å². The summed E-state index contributed by atoms with van der Waals surface area (Å²) in [5.41, 5.74) is 0.515. The molecule has 0 bridgehead atoms. The second kappa shape index (κ2) is 9.56. The van der Waals surface area contributed by atoms with Crippen molar-refractivity contribution >= 4 is 17.3 Å². The van der Waals surface area contributed by atoms with Gasteiger partial charge in [-0.1, -0.05) is 12.1 Å². The van der Waals surface area contributed by atoms with Crippen LogP contribution in [-0.4, -0.2) is 23.3 Å². The Bertz CT molecular complexity index is 1300. The van der Waals surface area contributed by atoms with Gasteiger partial charge in [0, 0.05) is 15.3 Å². The molecule has 0 aliphatic carbocycles. The predicted molar refractivity (Wildman–Crippen MR) is 135 cm³/mol. The molecule has 36 heavy (non-hydrogen) atoms. The number of hydrogen-bond donors (Lipinski definition) is 1. The molecular weight excluding hydrogens is 489 g/mol. The monoisotopic (exact) mass is 518 g/mol. The molecule has 8 heteroatoms. The molecule has 4 nitrogen and oxygen atoms in total. The number of carboxylic acid groups (broad SMARTS) is 1. The largest absolute Gasteiger partial charge is 0.493 e. The van der Waals surface area contributed by atoms with Crippen molar-refractivity contribution in [2.75, 3.05) is 6.61 Å². The molecule has 0 radical (unpaired) electrons. The summed E-state index contributed by atoms with van der Waals surface area (Å²) >= 11 is 1.54. The molecule has 4 rings (SSSR count). The number of halogens is 3. The summed E-state index contributed by atoms with van der Waals surface area (Å²) < 4.78 is 54.8. The van der Waals surface area contributed by atoms with E-state index < -0.39 is 29.4 Å². The van der Waals surface area contributed by atoms with E-state index in [0.29, 0.717) is 23.5 Å². The molecule has 0 saturated heterocycles. The maximum atomic E-state index is 14.4. The van der Waals surface area contributed by atoms with Crippen molar-refractivity contribution in [1.29, 1.82) is 0 Å². The minimum atomic E-state index is -4.78. The number of rotatable bonds is 5. The predicted octanol–water partition coefficient (Wildman–Crippen LogP) is 7.98. The van der Waals surface area contributed by atoms with Gasteiger partial charge in [-0.3, -0.25) is 0 Å². The quantitative estimate of drug-likeness (QED) is 0.372. The summed E-state index contributed by atoms with van der Waals surface area (Å²) in [7, 11) is 0. The zero-order valence-corrected chi connectivity index (χ0v) is 21.7. The second-order valence-corrected chi connectivity index (χ2v) is 11.5. The highest BCUT2D eigenvalue weighted by Crippen LogP contribution is 2.48. The van der Waals surface area contributed by atoms with Crippen LogP contribution in [0.5, 0.6) is 5.75 Å². The lowest BCUT2D eigenvalue weighted by atomic mass is 9.84. The summed E-state index contributed by atoms with van der Waals surface area (Å²) in [5, 5.41) is 10.2. The molecule has 1 unspecified atom stereocenters. The lowest BCUT2D eigenvalue weighted by molar-refractivity contribution is -0.163. The first-order valence-corrected chi connectivity index (χ1v) is 12.6. The van der Waals surface area contributed by atoms with Gasteiger partial charge in [0.05, 0.1) is 17.8 Å². The molecule has 192 valence electrons. The molecule has 1 N–H and O–H groups in total. The van der Waals surface area contributed by atoms with Gasteiger partial charge in [0.25, 0.3) is 0 Å². The van der Waals surface area contributed by atoms with Gasteiger partial charge in [-0.25, -0.2) is 4.79 Å². The van der Waals surface area contributed by atoms with Crippen LogP contribution in [0.1, 0.15) is 59.7 Å². The molecule has 1 aliphatic heterocycles. The Kier molecular flexibility index (Phi) is 6.96. The molecular formula is C28H29F3O4S. The van der Waals surface area contributed by atoms with Gasteiger partial charge in [0.1, 0.15) is 5.75 Å². The van der Waals surface area contributed by atoms with Gasteiger partial charge in [-0.15, -0.1) is 11.3 Å². The molecule has 0 spiro atoms. The van der Waals surface area contributed by atoms with Crippen LogP contribution < -0.4 is 4.74 Å². The number of fused-ring (bicyclic) bond motifs is 1. The molecule has 1 aromatic heterocycles. The first-order chi connectivity index (χ1) is 16.8. The fourth-order valence-electron chi connectivity index (χ4n) is 4.67. The first kappa shape index (κ1) is 26.2. The van der Waals surface area contributed by atoms with Crippen LogP contribution in [0.4, 0.5) is 13.2 Å². The van der Waals surface area contributed by atoms with Gasteiger partial charge < -0.3 is 14.6 Å². The van der Waals surface area contributed by atoms with E-state index in [-0.39, 0.29) is 11.1 Å². The number of carbonyl (C=O) groups is 1. The zero-order valence-electron chi connectivity index (χ0n) is 20.9. The van der Waals surface area contributed by atoms with Crippen molar-refractivity contribution in [2.24, 2.45) is 0 Å². The summed E-state index contributed by atoms with van der Waals surface area (Å²) in [5.74, 6) is -0.781. The Morgan fingerprint density at radius 3 is 2.39 bits per heavy atom. The third-order valence-electron chi connectivity index (χ3n) is 6.04. The van der Waals surface area contributed by atoms with E-state index in [2.05, 4.69) is 0 Å². The number of aliphatic carboxylic acids is 1. The average molecular weight is 519 g/mol.